The van der Waals surface area contributed by atoms with Crippen LogP contribution >= 0.6 is 34.8 Å². The second-order valence-corrected chi connectivity index (χ2v) is 5.98. The zero-order valence-electron chi connectivity index (χ0n) is 13.0. The third-order valence-electron chi connectivity index (χ3n) is 3.11. The first-order valence-corrected chi connectivity index (χ1v) is 8.45. The van der Waals surface area contributed by atoms with E-state index in [-0.39, 0.29) is 0 Å². The zero-order chi connectivity index (χ0) is 16.8. The number of rotatable bonds is 7. The molecule has 0 saturated heterocycles. The highest BCUT2D eigenvalue weighted by Gasteiger charge is 2.11. The smallest absolute Gasteiger partial charge is 0.162 e. The number of hydrogen-bond donors (Lipinski definition) is 1. The van der Waals surface area contributed by atoms with Crippen molar-refractivity contribution in [1.29, 1.82) is 0 Å². The summed E-state index contributed by atoms with van der Waals surface area (Å²) in [6.45, 7) is 5.43. The minimum atomic E-state index is 0.491. The summed E-state index contributed by atoms with van der Waals surface area (Å²) in [7, 11) is 0. The molecule has 3 nitrogen and oxygen atoms in total. The molecule has 0 unspecified atom stereocenters. The Morgan fingerprint density at radius 2 is 1.52 bits per heavy atom. The van der Waals surface area contributed by atoms with Gasteiger partial charge in [-0.3, -0.25) is 0 Å². The molecule has 0 amide bonds. The van der Waals surface area contributed by atoms with Crippen LogP contribution in [0.3, 0.4) is 0 Å². The van der Waals surface area contributed by atoms with Crippen LogP contribution in [0.5, 0.6) is 11.5 Å². The van der Waals surface area contributed by atoms with Crippen molar-refractivity contribution in [3.05, 3.63) is 51.0 Å². The Kier molecular flexibility index (Phi) is 6.70. The maximum absolute atomic E-state index is 6.34. The lowest BCUT2D eigenvalue weighted by Gasteiger charge is -2.15. The van der Waals surface area contributed by atoms with Crippen molar-refractivity contribution < 1.29 is 9.47 Å². The Balaban J connectivity index is 2.22. The monoisotopic (exact) mass is 373 g/mol. The van der Waals surface area contributed by atoms with Crippen LogP contribution in [-0.2, 0) is 6.54 Å². The van der Waals surface area contributed by atoms with Gasteiger partial charge in [-0.05, 0) is 43.7 Å². The lowest BCUT2D eigenvalue weighted by molar-refractivity contribution is 0.287. The van der Waals surface area contributed by atoms with E-state index in [9.17, 15) is 0 Å². The van der Waals surface area contributed by atoms with Crippen LogP contribution in [0, 0.1) is 0 Å². The van der Waals surface area contributed by atoms with Gasteiger partial charge in [0.1, 0.15) is 0 Å². The highest BCUT2D eigenvalue weighted by molar-refractivity contribution is 6.35. The molecule has 0 radical (unpaired) electrons. The molecule has 2 rings (SSSR count). The zero-order valence-corrected chi connectivity index (χ0v) is 15.2. The molecular weight excluding hydrogens is 357 g/mol. The highest BCUT2D eigenvalue weighted by atomic mass is 35.5. The third-order valence-corrected chi connectivity index (χ3v) is 4.03. The quantitative estimate of drug-likeness (QED) is 0.639. The average molecular weight is 375 g/mol. The molecule has 1 N–H and O–H groups in total. The van der Waals surface area contributed by atoms with E-state index in [1.807, 2.05) is 19.9 Å². The van der Waals surface area contributed by atoms with Crippen molar-refractivity contribution in [3.63, 3.8) is 0 Å². The van der Waals surface area contributed by atoms with Gasteiger partial charge in [0, 0.05) is 22.7 Å². The second kappa shape index (κ2) is 8.53. The van der Waals surface area contributed by atoms with Gasteiger partial charge in [0.15, 0.2) is 11.5 Å². The third kappa shape index (κ3) is 4.84. The number of anilines is 1. The lowest BCUT2D eigenvalue weighted by atomic mass is 10.2. The first-order chi connectivity index (χ1) is 11.0. The maximum Gasteiger partial charge on any atom is 0.162 e. The summed E-state index contributed by atoms with van der Waals surface area (Å²) in [6, 6.07) is 8.91. The van der Waals surface area contributed by atoms with Gasteiger partial charge in [0.25, 0.3) is 0 Å². The predicted octanol–water partition coefficient (Wildman–Crippen LogP) is 6.06. The van der Waals surface area contributed by atoms with Crippen molar-refractivity contribution >= 4 is 40.5 Å². The van der Waals surface area contributed by atoms with E-state index in [4.69, 9.17) is 44.3 Å². The van der Waals surface area contributed by atoms with Gasteiger partial charge in [0.2, 0.25) is 0 Å². The molecule has 6 heteroatoms. The van der Waals surface area contributed by atoms with Crippen LogP contribution in [0.15, 0.2) is 30.3 Å². The molecule has 0 heterocycles. The van der Waals surface area contributed by atoms with E-state index in [0.29, 0.717) is 46.3 Å². The number of ether oxygens (including phenoxy) is 2. The molecule has 2 aromatic carbocycles. The van der Waals surface area contributed by atoms with Gasteiger partial charge in [-0.2, -0.15) is 0 Å². The molecule has 0 fully saturated rings. The van der Waals surface area contributed by atoms with Crippen LogP contribution in [-0.4, -0.2) is 13.2 Å². The van der Waals surface area contributed by atoms with Crippen molar-refractivity contribution in [2.24, 2.45) is 0 Å². The van der Waals surface area contributed by atoms with E-state index in [0.717, 1.165) is 11.3 Å². The Hall–Kier alpha value is -1.29. The van der Waals surface area contributed by atoms with Crippen LogP contribution in [0.4, 0.5) is 5.69 Å². The van der Waals surface area contributed by atoms with Crippen molar-refractivity contribution in [2.45, 2.75) is 20.4 Å². The van der Waals surface area contributed by atoms with Crippen LogP contribution in [0.2, 0.25) is 15.1 Å². The molecule has 0 aliphatic rings. The first kappa shape index (κ1) is 18.1. The van der Waals surface area contributed by atoms with E-state index in [2.05, 4.69) is 5.32 Å². The molecule has 0 aliphatic carbocycles. The molecule has 0 aliphatic heterocycles. The molecule has 0 spiro atoms. The fraction of sp³-hybridized carbons (Fsp3) is 0.294. The molecule has 23 heavy (non-hydrogen) atoms. The minimum Gasteiger partial charge on any atom is -0.490 e. The van der Waals surface area contributed by atoms with Gasteiger partial charge >= 0.3 is 0 Å². The van der Waals surface area contributed by atoms with Crippen molar-refractivity contribution in [2.75, 3.05) is 18.5 Å². The topological polar surface area (TPSA) is 30.5 Å². The fourth-order valence-electron chi connectivity index (χ4n) is 2.07. The van der Waals surface area contributed by atoms with E-state index < -0.39 is 0 Å². The van der Waals surface area contributed by atoms with E-state index in [1.165, 1.54) is 0 Å². The fourth-order valence-corrected chi connectivity index (χ4v) is 2.65. The summed E-state index contributed by atoms with van der Waals surface area (Å²) >= 11 is 18.5. The largest absolute Gasteiger partial charge is 0.490 e. The summed E-state index contributed by atoms with van der Waals surface area (Å²) in [6.07, 6.45) is 0. The number of halogens is 3. The summed E-state index contributed by atoms with van der Waals surface area (Å²) in [5.74, 6) is 1.32. The summed E-state index contributed by atoms with van der Waals surface area (Å²) in [5.41, 5.74) is 1.64. The molecular formula is C17H18Cl3NO2. The SMILES string of the molecule is CCOc1cc(Cl)c(CNc2cc(Cl)ccc2Cl)cc1OCC. The first-order valence-electron chi connectivity index (χ1n) is 7.32. The van der Waals surface area contributed by atoms with Crippen LogP contribution < -0.4 is 14.8 Å². The van der Waals surface area contributed by atoms with Crippen molar-refractivity contribution in [3.8, 4) is 11.5 Å². The maximum atomic E-state index is 6.34. The van der Waals surface area contributed by atoms with Gasteiger partial charge < -0.3 is 14.8 Å². The van der Waals surface area contributed by atoms with Crippen molar-refractivity contribution in [1.82, 2.24) is 0 Å². The molecule has 0 aromatic heterocycles. The molecule has 0 bridgehead atoms. The van der Waals surface area contributed by atoms with Gasteiger partial charge in [-0.25, -0.2) is 0 Å². The van der Waals surface area contributed by atoms with Gasteiger partial charge in [-0.15, -0.1) is 0 Å². The Morgan fingerprint density at radius 1 is 0.870 bits per heavy atom. The highest BCUT2D eigenvalue weighted by Crippen LogP contribution is 2.34. The Labute approximate surface area is 151 Å². The second-order valence-electron chi connectivity index (χ2n) is 4.73. The van der Waals surface area contributed by atoms with Gasteiger partial charge in [0.05, 0.1) is 23.9 Å². The summed E-state index contributed by atoms with van der Waals surface area (Å²) < 4.78 is 11.2. The summed E-state index contributed by atoms with van der Waals surface area (Å²) in [4.78, 5) is 0. The van der Waals surface area contributed by atoms with Crippen LogP contribution in [0.25, 0.3) is 0 Å². The molecule has 2 aromatic rings. The standard InChI is InChI=1S/C17H18Cl3NO2/c1-3-22-16-7-11(14(20)9-17(16)23-4-2)10-21-15-8-12(18)5-6-13(15)19/h5-9,21H,3-4,10H2,1-2H3. The molecule has 0 atom stereocenters. The van der Waals surface area contributed by atoms with E-state index in [1.54, 1.807) is 24.3 Å². The minimum absolute atomic E-state index is 0.491. The van der Waals surface area contributed by atoms with Gasteiger partial charge in [-0.1, -0.05) is 34.8 Å². The normalized spacial score (nSPS) is 10.5. The number of hydrogen-bond acceptors (Lipinski definition) is 3. The van der Waals surface area contributed by atoms with E-state index >= 15 is 0 Å². The Morgan fingerprint density at radius 3 is 2.17 bits per heavy atom. The Bertz CT molecular complexity index is 677. The summed E-state index contributed by atoms with van der Waals surface area (Å²) in [5, 5.41) is 5.05. The van der Waals surface area contributed by atoms with Crippen LogP contribution in [0.1, 0.15) is 19.4 Å². The average Bonchev–Trinajstić information content (AvgIpc) is 2.52. The molecule has 0 saturated carbocycles. The predicted molar refractivity (Wildman–Crippen MR) is 97.6 cm³/mol. The lowest BCUT2D eigenvalue weighted by Crippen LogP contribution is -2.04. The number of benzene rings is 2. The molecule has 124 valence electrons. The number of nitrogens with one attached hydrogen (secondary N) is 1.